The third kappa shape index (κ3) is 3.19. The fraction of sp³-hybridized carbons (Fsp3) is 0.917. The van der Waals surface area contributed by atoms with Crippen molar-refractivity contribution in [2.75, 3.05) is 13.6 Å². The minimum absolute atomic E-state index is 0.130. The van der Waals surface area contributed by atoms with Gasteiger partial charge in [-0.15, -0.1) is 0 Å². The van der Waals surface area contributed by atoms with Gasteiger partial charge in [0.05, 0.1) is 6.04 Å². The van der Waals surface area contributed by atoms with Gasteiger partial charge in [0, 0.05) is 18.6 Å². The van der Waals surface area contributed by atoms with Gasteiger partial charge in [0.1, 0.15) is 0 Å². The smallest absolute Gasteiger partial charge is 0.234 e. The maximum Gasteiger partial charge on any atom is 0.234 e. The zero-order valence-corrected chi connectivity index (χ0v) is 10.1. The summed E-state index contributed by atoms with van der Waals surface area (Å²) < 4.78 is 0. The molecule has 2 aliphatic carbocycles. The topological polar surface area (TPSA) is 58.4 Å². The number of primary amides is 1. The van der Waals surface area contributed by atoms with Crippen LogP contribution >= 0.6 is 0 Å². The number of nitrogens with one attached hydrogen (secondary N) is 1. The van der Waals surface area contributed by atoms with E-state index in [0.29, 0.717) is 6.04 Å². The number of rotatable bonds is 7. The molecule has 1 unspecified atom stereocenters. The van der Waals surface area contributed by atoms with Crippen molar-refractivity contribution in [3.05, 3.63) is 0 Å². The SMILES string of the molecule is CN(CCC(NC1CC1)C(N)=O)C1CCC1. The van der Waals surface area contributed by atoms with Crippen molar-refractivity contribution >= 4 is 5.91 Å². The molecule has 2 fully saturated rings. The lowest BCUT2D eigenvalue weighted by atomic mass is 9.91. The molecule has 2 saturated carbocycles. The molecule has 1 atom stereocenters. The van der Waals surface area contributed by atoms with Gasteiger partial charge in [-0.1, -0.05) is 6.42 Å². The zero-order valence-electron chi connectivity index (χ0n) is 10.1. The van der Waals surface area contributed by atoms with Crippen molar-refractivity contribution in [1.82, 2.24) is 10.2 Å². The van der Waals surface area contributed by atoms with Gasteiger partial charge in [-0.2, -0.15) is 0 Å². The summed E-state index contributed by atoms with van der Waals surface area (Å²) in [6.45, 7) is 0.970. The molecular weight excluding hydrogens is 202 g/mol. The Morgan fingerprint density at radius 3 is 2.56 bits per heavy atom. The largest absolute Gasteiger partial charge is 0.368 e. The van der Waals surface area contributed by atoms with Crippen LogP contribution in [0.15, 0.2) is 0 Å². The molecule has 0 spiro atoms. The van der Waals surface area contributed by atoms with Crippen LogP contribution in [-0.4, -0.2) is 42.5 Å². The van der Waals surface area contributed by atoms with E-state index in [1.54, 1.807) is 0 Å². The molecule has 0 saturated heterocycles. The first-order valence-corrected chi connectivity index (χ1v) is 6.42. The van der Waals surface area contributed by atoms with Gasteiger partial charge in [-0.05, 0) is 39.2 Å². The minimum atomic E-state index is -0.200. The highest BCUT2D eigenvalue weighted by Crippen LogP contribution is 2.24. The second-order valence-electron chi connectivity index (χ2n) is 5.25. The van der Waals surface area contributed by atoms with Crippen LogP contribution < -0.4 is 11.1 Å². The van der Waals surface area contributed by atoms with Crippen molar-refractivity contribution in [3.8, 4) is 0 Å². The summed E-state index contributed by atoms with van der Waals surface area (Å²) in [4.78, 5) is 13.6. The Bertz CT molecular complexity index is 249. The first-order chi connectivity index (χ1) is 7.66. The number of nitrogens with two attached hydrogens (primary N) is 1. The van der Waals surface area contributed by atoms with E-state index in [1.165, 1.54) is 32.1 Å². The lowest BCUT2D eigenvalue weighted by Gasteiger charge is -2.35. The number of nitrogens with zero attached hydrogens (tertiary/aromatic N) is 1. The number of carbonyl (C=O) groups excluding carboxylic acids is 1. The zero-order chi connectivity index (χ0) is 11.5. The average Bonchev–Trinajstić information content (AvgIpc) is 2.92. The molecule has 92 valence electrons. The normalized spacial score (nSPS) is 23.1. The van der Waals surface area contributed by atoms with Crippen molar-refractivity contribution < 1.29 is 4.79 Å². The van der Waals surface area contributed by atoms with E-state index in [0.717, 1.165) is 19.0 Å². The molecule has 0 radical (unpaired) electrons. The van der Waals surface area contributed by atoms with Gasteiger partial charge in [0.2, 0.25) is 5.91 Å². The molecule has 0 aromatic heterocycles. The van der Waals surface area contributed by atoms with Crippen molar-refractivity contribution in [1.29, 1.82) is 0 Å². The Balaban J connectivity index is 1.69. The maximum absolute atomic E-state index is 11.3. The van der Waals surface area contributed by atoms with E-state index in [4.69, 9.17) is 5.73 Å². The van der Waals surface area contributed by atoms with Crippen molar-refractivity contribution in [2.24, 2.45) is 5.73 Å². The van der Waals surface area contributed by atoms with Crippen LogP contribution in [0.4, 0.5) is 0 Å². The van der Waals surface area contributed by atoms with Crippen LogP contribution in [0.25, 0.3) is 0 Å². The van der Waals surface area contributed by atoms with E-state index >= 15 is 0 Å². The molecule has 0 aromatic carbocycles. The summed E-state index contributed by atoms with van der Waals surface area (Å²) >= 11 is 0. The van der Waals surface area contributed by atoms with Crippen molar-refractivity contribution in [2.45, 2.75) is 56.7 Å². The van der Waals surface area contributed by atoms with E-state index in [2.05, 4.69) is 17.3 Å². The summed E-state index contributed by atoms with van der Waals surface area (Å²) in [5, 5.41) is 3.32. The van der Waals surface area contributed by atoms with E-state index in [9.17, 15) is 4.79 Å². The quantitative estimate of drug-likeness (QED) is 0.662. The summed E-state index contributed by atoms with van der Waals surface area (Å²) in [5.41, 5.74) is 5.40. The molecule has 0 aromatic rings. The van der Waals surface area contributed by atoms with E-state index in [-0.39, 0.29) is 11.9 Å². The van der Waals surface area contributed by atoms with Gasteiger partial charge in [-0.3, -0.25) is 4.79 Å². The van der Waals surface area contributed by atoms with Crippen LogP contribution in [-0.2, 0) is 4.79 Å². The fourth-order valence-electron chi connectivity index (χ4n) is 2.19. The Morgan fingerprint density at radius 2 is 2.12 bits per heavy atom. The van der Waals surface area contributed by atoms with E-state index in [1.807, 2.05) is 0 Å². The van der Waals surface area contributed by atoms with Crippen molar-refractivity contribution in [3.63, 3.8) is 0 Å². The number of carbonyl (C=O) groups is 1. The molecule has 2 rings (SSSR count). The minimum Gasteiger partial charge on any atom is -0.368 e. The molecule has 4 heteroatoms. The summed E-state index contributed by atoms with van der Waals surface area (Å²) in [7, 11) is 2.15. The van der Waals surface area contributed by atoms with Gasteiger partial charge in [-0.25, -0.2) is 0 Å². The van der Waals surface area contributed by atoms with Gasteiger partial charge < -0.3 is 16.0 Å². The predicted octanol–water partition coefficient (Wildman–Crippen LogP) is 0.467. The third-order valence-electron chi connectivity index (χ3n) is 3.83. The molecule has 0 heterocycles. The fourth-order valence-corrected chi connectivity index (χ4v) is 2.19. The highest BCUT2D eigenvalue weighted by atomic mass is 16.1. The van der Waals surface area contributed by atoms with Gasteiger partial charge >= 0.3 is 0 Å². The molecule has 0 bridgehead atoms. The molecule has 16 heavy (non-hydrogen) atoms. The summed E-state index contributed by atoms with van der Waals surface area (Å²) in [6.07, 6.45) is 7.22. The standard InChI is InChI=1S/C12H23N3O/c1-15(10-3-2-4-10)8-7-11(12(13)16)14-9-5-6-9/h9-11,14H,2-8H2,1H3,(H2,13,16). The second kappa shape index (κ2) is 5.15. The number of hydrogen-bond acceptors (Lipinski definition) is 3. The Morgan fingerprint density at radius 1 is 1.44 bits per heavy atom. The first kappa shape index (κ1) is 11.9. The first-order valence-electron chi connectivity index (χ1n) is 6.42. The molecule has 0 aliphatic heterocycles. The Labute approximate surface area is 97.6 Å². The molecule has 3 N–H and O–H groups in total. The average molecular weight is 225 g/mol. The summed E-state index contributed by atoms with van der Waals surface area (Å²) in [6, 6.07) is 1.16. The van der Waals surface area contributed by atoms with Crippen LogP contribution in [0.5, 0.6) is 0 Å². The molecular formula is C12H23N3O. The Kier molecular flexibility index (Phi) is 3.82. The molecule has 4 nitrogen and oxygen atoms in total. The number of hydrogen-bond donors (Lipinski definition) is 2. The van der Waals surface area contributed by atoms with Crippen LogP contribution in [0.3, 0.4) is 0 Å². The van der Waals surface area contributed by atoms with Crippen LogP contribution in [0.1, 0.15) is 38.5 Å². The number of amides is 1. The van der Waals surface area contributed by atoms with E-state index < -0.39 is 0 Å². The molecule has 1 amide bonds. The summed E-state index contributed by atoms with van der Waals surface area (Å²) in [5.74, 6) is -0.200. The Hall–Kier alpha value is -0.610. The molecule has 2 aliphatic rings. The maximum atomic E-state index is 11.3. The lowest BCUT2D eigenvalue weighted by Crippen LogP contribution is -2.46. The highest BCUT2D eigenvalue weighted by Gasteiger charge is 2.28. The monoisotopic (exact) mass is 225 g/mol. The van der Waals surface area contributed by atoms with Gasteiger partial charge in [0.15, 0.2) is 0 Å². The lowest BCUT2D eigenvalue weighted by molar-refractivity contribution is -0.120. The predicted molar refractivity (Wildman–Crippen MR) is 64.0 cm³/mol. The van der Waals surface area contributed by atoms with Gasteiger partial charge in [0.25, 0.3) is 0 Å². The third-order valence-corrected chi connectivity index (χ3v) is 3.83. The second-order valence-corrected chi connectivity index (χ2v) is 5.25. The highest BCUT2D eigenvalue weighted by molar-refractivity contribution is 5.79. The van der Waals surface area contributed by atoms with Crippen LogP contribution in [0.2, 0.25) is 0 Å². The van der Waals surface area contributed by atoms with Crippen LogP contribution in [0, 0.1) is 0 Å².